The molecule has 1 saturated heterocycles. The van der Waals surface area contributed by atoms with Crippen molar-refractivity contribution < 1.29 is 18.8 Å². The standard InChI is InChI=1S/C20H19N3O4/c1-25-16-9-5-8-15(12-16)20(24)23-10-11-26-17(13-23)18-21-19(27-22-18)14-6-3-2-4-7-14/h2-9,12,17H,10-11,13H2,1H3. The van der Waals surface area contributed by atoms with Crippen LogP contribution in [-0.4, -0.2) is 47.8 Å². The molecule has 1 fully saturated rings. The van der Waals surface area contributed by atoms with Crippen LogP contribution in [0.3, 0.4) is 0 Å². The molecule has 1 aliphatic rings. The Labute approximate surface area is 156 Å². The molecule has 1 unspecified atom stereocenters. The number of aromatic nitrogens is 2. The van der Waals surface area contributed by atoms with Crippen molar-refractivity contribution in [3.8, 4) is 17.2 Å². The molecule has 7 nitrogen and oxygen atoms in total. The fourth-order valence-electron chi connectivity index (χ4n) is 2.99. The van der Waals surface area contributed by atoms with Gasteiger partial charge in [0.05, 0.1) is 20.3 Å². The number of hydrogen-bond donors (Lipinski definition) is 0. The summed E-state index contributed by atoms with van der Waals surface area (Å²) in [6.07, 6.45) is -0.422. The third-order valence-corrected chi connectivity index (χ3v) is 4.42. The van der Waals surface area contributed by atoms with Crippen molar-refractivity contribution in [1.82, 2.24) is 15.0 Å². The lowest BCUT2D eigenvalue weighted by Gasteiger charge is -2.31. The maximum absolute atomic E-state index is 12.8. The first-order valence-corrected chi connectivity index (χ1v) is 8.68. The Hall–Kier alpha value is -3.19. The predicted octanol–water partition coefficient (Wildman–Crippen LogP) is 2.96. The summed E-state index contributed by atoms with van der Waals surface area (Å²) in [7, 11) is 1.58. The number of methoxy groups -OCH3 is 1. The van der Waals surface area contributed by atoms with E-state index in [1.54, 1.807) is 30.2 Å². The summed E-state index contributed by atoms with van der Waals surface area (Å²) in [4.78, 5) is 19.0. The first-order valence-electron chi connectivity index (χ1n) is 8.68. The van der Waals surface area contributed by atoms with Crippen LogP contribution in [0.2, 0.25) is 0 Å². The third kappa shape index (κ3) is 3.68. The molecule has 1 amide bonds. The van der Waals surface area contributed by atoms with Crippen molar-refractivity contribution in [2.45, 2.75) is 6.10 Å². The smallest absolute Gasteiger partial charge is 0.258 e. The number of ether oxygens (including phenoxy) is 2. The number of benzene rings is 2. The minimum atomic E-state index is -0.422. The van der Waals surface area contributed by atoms with Crippen molar-refractivity contribution in [3.05, 3.63) is 66.0 Å². The lowest BCUT2D eigenvalue weighted by Crippen LogP contribution is -2.42. The van der Waals surface area contributed by atoms with Gasteiger partial charge in [0.25, 0.3) is 11.8 Å². The van der Waals surface area contributed by atoms with Gasteiger partial charge in [-0.05, 0) is 30.3 Å². The molecule has 1 aromatic heterocycles. The molecule has 4 rings (SSSR count). The maximum Gasteiger partial charge on any atom is 0.258 e. The van der Waals surface area contributed by atoms with Crippen molar-refractivity contribution >= 4 is 5.91 Å². The van der Waals surface area contributed by atoms with Crippen LogP contribution in [0.5, 0.6) is 5.75 Å². The Balaban J connectivity index is 1.50. The Morgan fingerprint density at radius 1 is 1.19 bits per heavy atom. The Morgan fingerprint density at radius 3 is 2.85 bits per heavy atom. The molecule has 0 aliphatic carbocycles. The molecule has 0 N–H and O–H groups in total. The molecule has 1 atom stereocenters. The second-order valence-electron chi connectivity index (χ2n) is 6.17. The van der Waals surface area contributed by atoms with Gasteiger partial charge in [0.15, 0.2) is 0 Å². The fourth-order valence-corrected chi connectivity index (χ4v) is 2.99. The van der Waals surface area contributed by atoms with Crippen LogP contribution in [0.15, 0.2) is 59.1 Å². The predicted molar refractivity (Wildman–Crippen MR) is 97.3 cm³/mol. The van der Waals surface area contributed by atoms with Gasteiger partial charge in [-0.3, -0.25) is 4.79 Å². The molecule has 0 radical (unpaired) electrons. The van der Waals surface area contributed by atoms with E-state index in [1.807, 2.05) is 36.4 Å². The highest BCUT2D eigenvalue weighted by atomic mass is 16.5. The summed E-state index contributed by atoms with van der Waals surface area (Å²) in [5.74, 6) is 1.45. The molecular weight excluding hydrogens is 346 g/mol. The summed E-state index contributed by atoms with van der Waals surface area (Å²) in [5, 5.41) is 4.04. The summed E-state index contributed by atoms with van der Waals surface area (Å²) >= 11 is 0. The number of carbonyl (C=O) groups is 1. The first kappa shape index (κ1) is 17.2. The highest BCUT2D eigenvalue weighted by Crippen LogP contribution is 2.25. The fraction of sp³-hybridized carbons (Fsp3) is 0.250. The van der Waals surface area contributed by atoms with Gasteiger partial charge in [0.1, 0.15) is 11.9 Å². The van der Waals surface area contributed by atoms with E-state index in [9.17, 15) is 4.79 Å². The summed E-state index contributed by atoms with van der Waals surface area (Å²) in [6.45, 7) is 1.29. The van der Waals surface area contributed by atoms with Crippen LogP contribution in [0.25, 0.3) is 11.5 Å². The lowest BCUT2D eigenvalue weighted by molar-refractivity contribution is -0.0276. The molecule has 1 aliphatic heterocycles. The van der Waals surface area contributed by atoms with E-state index in [1.165, 1.54) is 0 Å². The van der Waals surface area contributed by atoms with Gasteiger partial charge in [-0.1, -0.05) is 29.4 Å². The van der Waals surface area contributed by atoms with E-state index < -0.39 is 6.10 Å². The van der Waals surface area contributed by atoms with Gasteiger partial charge < -0.3 is 18.9 Å². The highest BCUT2D eigenvalue weighted by Gasteiger charge is 2.29. The number of morpholine rings is 1. The van der Waals surface area contributed by atoms with Crippen molar-refractivity contribution in [3.63, 3.8) is 0 Å². The first-order chi connectivity index (χ1) is 13.2. The Morgan fingerprint density at radius 2 is 2.04 bits per heavy atom. The zero-order valence-corrected chi connectivity index (χ0v) is 14.9. The maximum atomic E-state index is 12.8. The molecular formula is C20H19N3O4. The molecule has 7 heteroatoms. The van der Waals surface area contributed by atoms with E-state index in [2.05, 4.69) is 10.1 Å². The second kappa shape index (κ2) is 7.59. The monoisotopic (exact) mass is 365 g/mol. The van der Waals surface area contributed by atoms with Crippen LogP contribution < -0.4 is 4.74 Å². The molecule has 27 heavy (non-hydrogen) atoms. The summed E-state index contributed by atoms with van der Waals surface area (Å²) in [5.41, 5.74) is 1.42. The van der Waals surface area contributed by atoms with Crippen LogP contribution in [0, 0.1) is 0 Å². The highest BCUT2D eigenvalue weighted by molar-refractivity contribution is 5.94. The SMILES string of the molecule is COc1cccc(C(=O)N2CCOC(c3noc(-c4ccccc4)n3)C2)c1. The van der Waals surface area contributed by atoms with E-state index in [4.69, 9.17) is 14.0 Å². The van der Waals surface area contributed by atoms with E-state index in [-0.39, 0.29) is 5.91 Å². The lowest BCUT2D eigenvalue weighted by atomic mass is 10.1. The third-order valence-electron chi connectivity index (χ3n) is 4.42. The number of nitrogens with zero attached hydrogens (tertiary/aromatic N) is 3. The minimum Gasteiger partial charge on any atom is -0.497 e. The molecule has 0 spiro atoms. The summed E-state index contributed by atoms with van der Waals surface area (Å²) in [6, 6.07) is 16.7. The van der Waals surface area contributed by atoms with Crippen LogP contribution in [0.4, 0.5) is 0 Å². The van der Waals surface area contributed by atoms with E-state index in [0.29, 0.717) is 42.7 Å². The number of hydrogen-bond acceptors (Lipinski definition) is 6. The molecule has 2 aromatic carbocycles. The zero-order valence-electron chi connectivity index (χ0n) is 14.9. The van der Waals surface area contributed by atoms with E-state index >= 15 is 0 Å². The van der Waals surface area contributed by atoms with Gasteiger partial charge in [0, 0.05) is 17.7 Å². The minimum absolute atomic E-state index is 0.0750. The van der Waals surface area contributed by atoms with Gasteiger partial charge in [0.2, 0.25) is 5.82 Å². The average molecular weight is 365 g/mol. The number of rotatable bonds is 4. The summed E-state index contributed by atoms with van der Waals surface area (Å²) < 4.78 is 16.3. The van der Waals surface area contributed by atoms with Gasteiger partial charge in [-0.2, -0.15) is 4.98 Å². The zero-order chi connectivity index (χ0) is 18.6. The van der Waals surface area contributed by atoms with Gasteiger partial charge in [-0.25, -0.2) is 0 Å². The van der Waals surface area contributed by atoms with Crippen LogP contribution >= 0.6 is 0 Å². The number of carbonyl (C=O) groups excluding carboxylic acids is 1. The molecule has 2 heterocycles. The van der Waals surface area contributed by atoms with E-state index in [0.717, 1.165) is 5.56 Å². The van der Waals surface area contributed by atoms with Gasteiger partial charge in [-0.15, -0.1) is 0 Å². The molecule has 3 aromatic rings. The van der Waals surface area contributed by atoms with Crippen LogP contribution in [-0.2, 0) is 4.74 Å². The van der Waals surface area contributed by atoms with Crippen molar-refractivity contribution in [2.75, 3.05) is 26.8 Å². The largest absolute Gasteiger partial charge is 0.497 e. The average Bonchev–Trinajstić information content (AvgIpc) is 3.24. The molecule has 138 valence electrons. The quantitative estimate of drug-likeness (QED) is 0.707. The molecule has 0 saturated carbocycles. The Bertz CT molecular complexity index is 926. The van der Waals surface area contributed by atoms with Gasteiger partial charge >= 0.3 is 0 Å². The van der Waals surface area contributed by atoms with Crippen molar-refractivity contribution in [2.24, 2.45) is 0 Å². The van der Waals surface area contributed by atoms with Crippen LogP contribution in [0.1, 0.15) is 22.3 Å². The molecule has 0 bridgehead atoms. The topological polar surface area (TPSA) is 77.7 Å². The number of amides is 1. The normalized spacial score (nSPS) is 16.9. The Kier molecular flexibility index (Phi) is 4.84. The second-order valence-corrected chi connectivity index (χ2v) is 6.17. The van der Waals surface area contributed by atoms with Crippen molar-refractivity contribution in [1.29, 1.82) is 0 Å².